The van der Waals surface area contributed by atoms with Crippen LogP contribution in [0.25, 0.3) is 0 Å². The molecule has 0 bridgehead atoms. The van der Waals surface area contributed by atoms with Crippen molar-refractivity contribution in [2.24, 2.45) is 5.92 Å². The lowest BCUT2D eigenvalue weighted by molar-refractivity contribution is 0.327. The lowest BCUT2D eigenvalue weighted by atomic mass is 9.96. The number of nitriles is 1. The van der Waals surface area contributed by atoms with Crippen LogP contribution < -0.4 is 10.0 Å². The summed E-state index contributed by atoms with van der Waals surface area (Å²) in [6, 6.07) is 6.52. The van der Waals surface area contributed by atoms with E-state index in [1.807, 2.05) is 6.07 Å². The van der Waals surface area contributed by atoms with Crippen LogP contribution in [0.4, 0.5) is 0 Å². The lowest BCUT2D eigenvalue weighted by Crippen LogP contribution is -2.50. The first-order valence-corrected chi connectivity index (χ1v) is 8.16. The Balaban J connectivity index is 2.22. The highest BCUT2D eigenvalue weighted by atomic mass is 32.2. The van der Waals surface area contributed by atoms with Gasteiger partial charge in [0, 0.05) is 12.6 Å². The van der Waals surface area contributed by atoms with Crippen molar-refractivity contribution in [1.29, 1.82) is 5.26 Å². The van der Waals surface area contributed by atoms with E-state index in [2.05, 4.69) is 17.0 Å². The number of piperidine rings is 1. The first-order valence-electron chi connectivity index (χ1n) is 6.68. The monoisotopic (exact) mass is 293 g/mol. The maximum atomic E-state index is 12.4. The van der Waals surface area contributed by atoms with Crippen LogP contribution in [0, 0.1) is 24.2 Å². The Morgan fingerprint density at radius 1 is 1.45 bits per heavy atom. The second-order valence-corrected chi connectivity index (χ2v) is 7.00. The van der Waals surface area contributed by atoms with E-state index in [-0.39, 0.29) is 10.9 Å². The molecule has 2 unspecified atom stereocenters. The molecule has 2 N–H and O–H groups in total. The van der Waals surface area contributed by atoms with E-state index in [4.69, 9.17) is 5.26 Å². The predicted molar refractivity (Wildman–Crippen MR) is 76.7 cm³/mol. The average molecular weight is 293 g/mol. The molecule has 2 rings (SSSR count). The van der Waals surface area contributed by atoms with Crippen LogP contribution >= 0.6 is 0 Å². The summed E-state index contributed by atoms with van der Waals surface area (Å²) in [6.07, 6.45) is 0.958. The zero-order valence-corrected chi connectivity index (χ0v) is 12.5. The Morgan fingerprint density at radius 2 is 2.20 bits per heavy atom. The summed E-state index contributed by atoms with van der Waals surface area (Å²) in [7, 11) is -3.54. The van der Waals surface area contributed by atoms with Crippen LogP contribution in [0.1, 0.15) is 24.5 Å². The van der Waals surface area contributed by atoms with Gasteiger partial charge < -0.3 is 5.32 Å². The molecule has 0 saturated carbocycles. The quantitative estimate of drug-likeness (QED) is 0.875. The number of nitrogens with zero attached hydrogens (tertiary/aromatic N) is 1. The molecule has 0 aromatic heterocycles. The second kappa shape index (κ2) is 5.92. The van der Waals surface area contributed by atoms with Gasteiger partial charge in [0.25, 0.3) is 0 Å². The zero-order chi connectivity index (χ0) is 14.8. The normalized spacial score (nSPS) is 23.2. The Bertz CT molecular complexity index is 634. The highest BCUT2D eigenvalue weighted by Crippen LogP contribution is 2.18. The Morgan fingerprint density at radius 3 is 2.80 bits per heavy atom. The number of benzene rings is 1. The molecule has 0 radical (unpaired) electrons. The van der Waals surface area contributed by atoms with Gasteiger partial charge in [0.2, 0.25) is 10.0 Å². The van der Waals surface area contributed by atoms with Gasteiger partial charge in [-0.05, 0) is 49.6 Å². The predicted octanol–water partition coefficient (Wildman–Crippen LogP) is 1.14. The van der Waals surface area contributed by atoms with Gasteiger partial charge >= 0.3 is 0 Å². The summed E-state index contributed by atoms with van der Waals surface area (Å²) in [4.78, 5) is 0.215. The summed E-state index contributed by atoms with van der Waals surface area (Å²) < 4.78 is 27.5. The van der Waals surface area contributed by atoms with Gasteiger partial charge in [0.05, 0.1) is 16.5 Å². The molecule has 1 heterocycles. The molecule has 6 heteroatoms. The summed E-state index contributed by atoms with van der Waals surface area (Å²) >= 11 is 0. The fraction of sp³-hybridized carbons (Fsp3) is 0.500. The van der Waals surface area contributed by atoms with E-state index < -0.39 is 10.0 Å². The number of nitrogens with one attached hydrogen (secondary N) is 2. The maximum Gasteiger partial charge on any atom is 0.240 e. The van der Waals surface area contributed by atoms with Crippen molar-refractivity contribution in [2.75, 3.05) is 13.1 Å². The highest BCUT2D eigenvalue weighted by molar-refractivity contribution is 7.89. The Labute approximate surface area is 120 Å². The fourth-order valence-corrected chi connectivity index (χ4v) is 3.77. The number of sulfonamides is 1. The molecule has 108 valence electrons. The van der Waals surface area contributed by atoms with E-state index in [0.717, 1.165) is 13.0 Å². The van der Waals surface area contributed by atoms with Gasteiger partial charge in [0.1, 0.15) is 0 Å². The van der Waals surface area contributed by atoms with Crippen LogP contribution in [0.2, 0.25) is 0 Å². The lowest BCUT2D eigenvalue weighted by Gasteiger charge is -2.30. The van der Waals surface area contributed by atoms with Crippen LogP contribution in [-0.2, 0) is 10.0 Å². The molecular weight excluding hydrogens is 274 g/mol. The summed E-state index contributed by atoms with van der Waals surface area (Å²) in [5, 5.41) is 12.1. The van der Waals surface area contributed by atoms with Gasteiger partial charge in [-0.15, -0.1) is 0 Å². The van der Waals surface area contributed by atoms with Crippen LogP contribution in [0.3, 0.4) is 0 Å². The summed E-state index contributed by atoms with van der Waals surface area (Å²) in [5.74, 6) is 0.311. The van der Waals surface area contributed by atoms with E-state index in [1.165, 1.54) is 6.07 Å². The molecule has 20 heavy (non-hydrogen) atoms. The molecule has 5 nitrogen and oxygen atoms in total. The van der Waals surface area contributed by atoms with E-state index >= 15 is 0 Å². The van der Waals surface area contributed by atoms with E-state index in [9.17, 15) is 8.42 Å². The van der Waals surface area contributed by atoms with E-state index in [0.29, 0.717) is 23.6 Å². The Kier molecular flexibility index (Phi) is 4.43. The van der Waals surface area contributed by atoms with Crippen LogP contribution in [-0.4, -0.2) is 27.5 Å². The van der Waals surface area contributed by atoms with Crippen molar-refractivity contribution in [3.8, 4) is 6.07 Å². The largest absolute Gasteiger partial charge is 0.315 e. The number of hydrogen-bond acceptors (Lipinski definition) is 4. The fourth-order valence-electron chi connectivity index (χ4n) is 2.34. The molecule has 1 aliphatic rings. The molecule has 1 aromatic carbocycles. The molecule has 0 amide bonds. The van der Waals surface area contributed by atoms with Gasteiger partial charge in [-0.25, -0.2) is 13.1 Å². The molecule has 0 aliphatic carbocycles. The number of aryl methyl sites for hydroxylation is 1. The molecule has 1 fully saturated rings. The Hall–Kier alpha value is -1.42. The average Bonchev–Trinajstić information content (AvgIpc) is 2.41. The molecular formula is C14H19N3O2S. The smallest absolute Gasteiger partial charge is 0.240 e. The van der Waals surface area contributed by atoms with Crippen molar-refractivity contribution in [3.05, 3.63) is 29.3 Å². The SMILES string of the molecule is Cc1cc(S(=O)(=O)NC2CNCCC2C)ccc1C#N. The molecule has 2 atom stereocenters. The molecule has 1 aromatic rings. The van der Waals surface area contributed by atoms with Gasteiger partial charge in [0.15, 0.2) is 0 Å². The third-order valence-electron chi connectivity index (χ3n) is 3.76. The summed E-state index contributed by atoms with van der Waals surface area (Å²) in [5.41, 5.74) is 1.17. The van der Waals surface area contributed by atoms with Gasteiger partial charge in [-0.3, -0.25) is 0 Å². The minimum atomic E-state index is -3.54. The van der Waals surface area contributed by atoms with Gasteiger partial charge in [-0.1, -0.05) is 6.92 Å². The third kappa shape index (κ3) is 3.18. The van der Waals surface area contributed by atoms with E-state index in [1.54, 1.807) is 19.1 Å². The van der Waals surface area contributed by atoms with Crippen LogP contribution in [0.15, 0.2) is 23.1 Å². The van der Waals surface area contributed by atoms with Crippen LogP contribution in [0.5, 0.6) is 0 Å². The van der Waals surface area contributed by atoms with Crippen molar-refractivity contribution in [3.63, 3.8) is 0 Å². The standard InChI is InChI=1S/C14H19N3O2S/c1-10-5-6-16-9-14(10)17-20(18,19)13-4-3-12(8-15)11(2)7-13/h3-4,7,10,14,16-17H,5-6,9H2,1-2H3. The van der Waals surface area contributed by atoms with Crippen molar-refractivity contribution in [2.45, 2.75) is 31.2 Å². The highest BCUT2D eigenvalue weighted by Gasteiger charge is 2.26. The van der Waals surface area contributed by atoms with Crippen molar-refractivity contribution in [1.82, 2.24) is 10.0 Å². The third-order valence-corrected chi connectivity index (χ3v) is 5.25. The topological polar surface area (TPSA) is 82.0 Å². The van der Waals surface area contributed by atoms with Crippen molar-refractivity contribution >= 4 is 10.0 Å². The molecule has 0 spiro atoms. The summed E-state index contributed by atoms with van der Waals surface area (Å²) in [6.45, 7) is 5.37. The van der Waals surface area contributed by atoms with Crippen molar-refractivity contribution < 1.29 is 8.42 Å². The first kappa shape index (κ1) is 15.0. The zero-order valence-electron chi connectivity index (χ0n) is 11.7. The maximum absolute atomic E-state index is 12.4. The molecule has 1 saturated heterocycles. The first-order chi connectivity index (χ1) is 9.44. The molecule has 1 aliphatic heterocycles. The number of rotatable bonds is 3. The minimum absolute atomic E-state index is 0.0929. The minimum Gasteiger partial charge on any atom is -0.315 e. The van der Waals surface area contributed by atoms with Gasteiger partial charge in [-0.2, -0.15) is 5.26 Å². The number of hydrogen-bond donors (Lipinski definition) is 2. The second-order valence-electron chi connectivity index (χ2n) is 5.29.